The summed E-state index contributed by atoms with van der Waals surface area (Å²) in [5.74, 6) is 1.34. The molecule has 0 radical (unpaired) electrons. The van der Waals surface area contributed by atoms with Crippen LogP contribution in [0.5, 0.6) is 0 Å². The predicted molar refractivity (Wildman–Crippen MR) is 88.3 cm³/mol. The SMILES string of the molecule is CC(C)CC(=O)Nc1ccc(SCc2cccnc2)cc1. The van der Waals surface area contributed by atoms with E-state index in [0.29, 0.717) is 12.3 Å². The molecular weight excluding hydrogens is 280 g/mol. The standard InChI is InChI=1S/C17H20N2OS/c1-13(2)10-17(20)19-15-5-7-16(8-6-15)21-12-14-4-3-9-18-11-14/h3-9,11,13H,10,12H2,1-2H3,(H,19,20). The van der Waals surface area contributed by atoms with Gasteiger partial charge in [-0.2, -0.15) is 0 Å². The Morgan fingerprint density at radius 2 is 2.00 bits per heavy atom. The summed E-state index contributed by atoms with van der Waals surface area (Å²) in [6.45, 7) is 4.08. The zero-order valence-electron chi connectivity index (χ0n) is 12.4. The first-order chi connectivity index (χ1) is 10.1. The summed E-state index contributed by atoms with van der Waals surface area (Å²) in [6.07, 6.45) is 4.22. The van der Waals surface area contributed by atoms with Crippen LogP contribution in [0, 0.1) is 5.92 Å². The molecule has 1 amide bonds. The number of rotatable bonds is 6. The van der Waals surface area contributed by atoms with E-state index in [0.717, 1.165) is 11.4 Å². The summed E-state index contributed by atoms with van der Waals surface area (Å²) in [5, 5.41) is 2.92. The Labute approximate surface area is 130 Å². The van der Waals surface area contributed by atoms with Crippen molar-refractivity contribution in [3.05, 3.63) is 54.4 Å². The molecule has 1 N–H and O–H groups in total. The summed E-state index contributed by atoms with van der Waals surface area (Å²) in [5.41, 5.74) is 2.06. The van der Waals surface area contributed by atoms with Crippen LogP contribution in [0.4, 0.5) is 5.69 Å². The van der Waals surface area contributed by atoms with Gasteiger partial charge in [0.1, 0.15) is 0 Å². The average molecular weight is 300 g/mol. The van der Waals surface area contributed by atoms with E-state index >= 15 is 0 Å². The minimum absolute atomic E-state index is 0.0702. The van der Waals surface area contributed by atoms with Crippen molar-refractivity contribution in [3.8, 4) is 0 Å². The number of nitrogens with zero attached hydrogens (tertiary/aromatic N) is 1. The van der Waals surface area contributed by atoms with Gasteiger partial charge in [0.05, 0.1) is 0 Å². The molecule has 0 atom stereocenters. The Balaban J connectivity index is 1.86. The normalized spacial score (nSPS) is 10.6. The van der Waals surface area contributed by atoms with Gasteiger partial charge in [0, 0.05) is 35.2 Å². The molecule has 2 rings (SSSR count). The van der Waals surface area contributed by atoms with Crippen LogP contribution in [0.3, 0.4) is 0 Å². The molecule has 21 heavy (non-hydrogen) atoms. The second-order valence-electron chi connectivity index (χ2n) is 5.32. The number of thioether (sulfide) groups is 1. The van der Waals surface area contributed by atoms with E-state index in [1.807, 2.05) is 50.4 Å². The average Bonchev–Trinajstić information content (AvgIpc) is 2.47. The minimum Gasteiger partial charge on any atom is -0.326 e. The van der Waals surface area contributed by atoms with Gasteiger partial charge in [-0.25, -0.2) is 0 Å². The number of carbonyl (C=O) groups excluding carboxylic acids is 1. The first-order valence-corrected chi connectivity index (χ1v) is 8.03. The molecule has 110 valence electrons. The first-order valence-electron chi connectivity index (χ1n) is 7.05. The summed E-state index contributed by atoms with van der Waals surface area (Å²) in [7, 11) is 0. The van der Waals surface area contributed by atoms with Crippen molar-refractivity contribution in [1.82, 2.24) is 4.98 Å². The Morgan fingerprint density at radius 1 is 1.24 bits per heavy atom. The van der Waals surface area contributed by atoms with Crippen LogP contribution in [0.1, 0.15) is 25.8 Å². The Hall–Kier alpha value is -1.81. The molecule has 1 heterocycles. The van der Waals surface area contributed by atoms with E-state index in [9.17, 15) is 4.79 Å². The number of carbonyl (C=O) groups is 1. The molecule has 0 aliphatic rings. The number of pyridine rings is 1. The maximum Gasteiger partial charge on any atom is 0.224 e. The topological polar surface area (TPSA) is 42.0 Å². The fourth-order valence-electron chi connectivity index (χ4n) is 1.87. The van der Waals surface area contributed by atoms with Gasteiger partial charge in [0.15, 0.2) is 0 Å². The van der Waals surface area contributed by atoms with Gasteiger partial charge >= 0.3 is 0 Å². The highest BCUT2D eigenvalue weighted by atomic mass is 32.2. The van der Waals surface area contributed by atoms with Gasteiger partial charge in [-0.15, -0.1) is 11.8 Å². The van der Waals surface area contributed by atoms with Crippen LogP contribution in [-0.2, 0) is 10.5 Å². The lowest BCUT2D eigenvalue weighted by molar-refractivity contribution is -0.116. The van der Waals surface area contributed by atoms with E-state index in [2.05, 4.69) is 16.4 Å². The molecule has 0 saturated heterocycles. The first kappa shape index (κ1) is 15.6. The van der Waals surface area contributed by atoms with Gasteiger partial charge in [0.25, 0.3) is 0 Å². The number of hydrogen-bond acceptors (Lipinski definition) is 3. The fraction of sp³-hybridized carbons (Fsp3) is 0.294. The highest BCUT2D eigenvalue weighted by molar-refractivity contribution is 7.98. The molecule has 0 saturated carbocycles. The number of aromatic nitrogens is 1. The van der Waals surface area contributed by atoms with Gasteiger partial charge in [-0.05, 0) is 41.8 Å². The summed E-state index contributed by atoms with van der Waals surface area (Å²) in [6, 6.07) is 12.0. The van der Waals surface area contributed by atoms with Crippen molar-refractivity contribution in [2.75, 3.05) is 5.32 Å². The van der Waals surface area contributed by atoms with Crippen molar-refractivity contribution in [1.29, 1.82) is 0 Å². The zero-order chi connectivity index (χ0) is 15.1. The van der Waals surface area contributed by atoms with Crippen LogP contribution in [-0.4, -0.2) is 10.9 Å². The van der Waals surface area contributed by atoms with E-state index in [4.69, 9.17) is 0 Å². The number of nitrogens with one attached hydrogen (secondary N) is 1. The molecule has 0 bridgehead atoms. The lowest BCUT2D eigenvalue weighted by Crippen LogP contribution is -2.13. The second kappa shape index (κ2) is 7.84. The minimum atomic E-state index is 0.0702. The Bertz CT molecular complexity index is 567. The zero-order valence-corrected chi connectivity index (χ0v) is 13.2. The number of anilines is 1. The molecule has 3 nitrogen and oxygen atoms in total. The highest BCUT2D eigenvalue weighted by Gasteiger charge is 2.05. The van der Waals surface area contributed by atoms with Crippen LogP contribution >= 0.6 is 11.8 Å². The molecule has 4 heteroatoms. The molecule has 2 aromatic rings. The third-order valence-corrected chi connectivity index (χ3v) is 3.94. The van der Waals surface area contributed by atoms with E-state index < -0.39 is 0 Å². The molecule has 0 aliphatic carbocycles. The van der Waals surface area contributed by atoms with E-state index in [1.165, 1.54) is 10.5 Å². The predicted octanol–water partition coefficient (Wildman–Crippen LogP) is 4.36. The van der Waals surface area contributed by atoms with Crippen LogP contribution in [0.2, 0.25) is 0 Å². The number of hydrogen-bond donors (Lipinski definition) is 1. The maximum atomic E-state index is 11.7. The van der Waals surface area contributed by atoms with Crippen molar-refractivity contribution in [2.24, 2.45) is 5.92 Å². The van der Waals surface area contributed by atoms with Gasteiger partial charge in [-0.1, -0.05) is 19.9 Å². The maximum absolute atomic E-state index is 11.7. The third kappa shape index (κ3) is 5.60. The van der Waals surface area contributed by atoms with Crippen LogP contribution in [0.25, 0.3) is 0 Å². The monoisotopic (exact) mass is 300 g/mol. The molecule has 0 unspecified atom stereocenters. The summed E-state index contributed by atoms with van der Waals surface area (Å²) in [4.78, 5) is 17.0. The van der Waals surface area contributed by atoms with Crippen LogP contribution < -0.4 is 5.32 Å². The van der Waals surface area contributed by atoms with Gasteiger partial charge in [0.2, 0.25) is 5.91 Å². The van der Waals surface area contributed by atoms with Crippen LogP contribution in [0.15, 0.2) is 53.7 Å². The van der Waals surface area contributed by atoms with Crippen molar-refractivity contribution < 1.29 is 4.79 Å². The lowest BCUT2D eigenvalue weighted by Gasteiger charge is -2.08. The molecule has 1 aromatic carbocycles. The summed E-state index contributed by atoms with van der Waals surface area (Å²) >= 11 is 1.76. The third-order valence-electron chi connectivity index (χ3n) is 2.86. The molecule has 1 aromatic heterocycles. The number of benzene rings is 1. The Kier molecular flexibility index (Phi) is 5.81. The van der Waals surface area contributed by atoms with Gasteiger partial charge in [-0.3, -0.25) is 9.78 Å². The largest absolute Gasteiger partial charge is 0.326 e. The van der Waals surface area contributed by atoms with Crippen molar-refractivity contribution >= 4 is 23.4 Å². The van der Waals surface area contributed by atoms with Crippen molar-refractivity contribution in [3.63, 3.8) is 0 Å². The lowest BCUT2D eigenvalue weighted by atomic mass is 10.1. The molecular formula is C17H20N2OS. The summed E-state index contributed by atoms with van der Waals surface area (Å²) < 4.78 is 0. The Morgan fingerprint density at radius 3 is 2.62 bits per heavy atom. The number of amides is 1. The quantitative estimate of drug-likeness (QED) is 0.806. The second-order valence-corrected chi connectivity index (χ2v) is 6.37. The van der Waals surface area contributed by atoms with E-state index in [1.54, 1.807) is 18.0 Å². The molecule has 0 fully saturated rings. The fourth-order valence-corrected chi connectivity index (χ4v) is 2.70. The van der Waals surface area contributed by atoms with E-state index in [-0.39, 0.29) is 5.91 Å². The molecule has 0 spiro atoms. The van der Waals surface area contributed by atoms with Crippen molar-refractivity contribution in [2.45, 2.75) is 30.9 Å². The molecule has 0 aliphatic heterocycles. The smallest absolute Gasteiger partial charge is 0.224 e. The van der Waals surface area contributed by atoms with Gasteiger partial charge < -0.3 is 5.32 Å². The highest BCUT2D eigenvalue weighted by Crippen LogP contribution is 2.24.